The third-order valence-corrected chi connectivity index (χ3v) is 5.25. The van der Waals surface area contributed by atoms with Gasteiger partial charge in [0.1, 0.15) is 18.2 Å². The van der Waals surface area contributed by atoms with Gasteiger partial charge in [-0.05, 0) is 56.9 Å². The summed E-state index contributed by atoms with van der Waals surface area (Å²) in [6, 6.07) is 14.0. The quantitative estimate of drug-likeness (QED) is 0.523. The highest BCUT2D eigenvalue weighted by atomic mass is 16.6. The molecule has 2 aromatic carbocycles. The van der Waals surface area contributed by atoms with Crippen LogP contribution in [0.4, 0.5) is 4.79 Å². The molecule has 2 aromatic rings. The maximum Gasteiger partial charge on any atom is 0.408 e. The Morgan fingerprint density at radius 1 is 1.00 bits per heavy atom. The fourth-order valence-electron chi connectivity index (χ4n) is 3.47. The van der Waals surface area contributed by atoms with Crippen molar-refractivity contribution in [2.24, 2.45) is 0 Å². The van der Waals surface area contributed by atoms with Gasteiger partial charge in [0.05, 0.1) is 6.61 Å². The Morgan fingerprint density at radius 3 is 2.29 bits per heavy atom. The number of alkyl carbamates (subject to hydrolysis) is 1. The SMILES string of the molecule is Cc1cccc(C(C(=O)NCc2ccccc2)N(CCO)C(=O)CNC(=O)OC(C)(C)C)c1C. The van der Waals surface area contributed by atoms with Crippen LogP contribution in [0.2, 0.25) is 0 Å². The lowest BCUT2D eigenvalue weighted by Crippen LogP contribution is -2.48. The average Bonchev–Trinajstić information content (AvgIpc) is 2.78. The maximum absolute atomic E-state index is 13.4. The molecule has 3 N–H and O–H groups in total. The number of nitrogens with one attached hydrogen (secondary N) is 2. The van der Waals surface area contributed by atoms with Gasteiger partial charge in [0.15, 0.2) is 0 Å². The molecule has 3 amide bonds. The van der Waals surface area contributed by atoms with E-state index in [0.717, 1.165) is 16.7 Å². The lowest BCUT2D eigenvalue weighted by molar-refractivity contribution is -0.140. The molecule has 1 unspecified atom stereocenters. The van der Waals surface area contributed by atoms with Gasteiger partial charge < -0.3 is 25.4 Å². The molecule has 0 heterocycles. The lowest BCUT2D eigenvalue weighted by atomic mass is 9.95. The van der Waals surface area contributed by atoms with Crippen molar-refractivity contribution < 1.29 is 24.2 Å². The first-order chi connectivity index (χ1) is 16.0. The summed E-state index contributed by atoms with van der Waals surface area (Å²) >= 11 is 0. The second-order valence-corrected chi connectivity index (χ2v) is 9.06. The molecule has 2 rings (SSSR count). The molecule has 0 aliphatic rings. The van der Waals surface area contributed by atoms with Crippen LogP contribution in [0.3, 0.4) is 0 Å². The molecule has 8 nitrogen and oxygen atoms in total. The van der Waals surface area contributed by atoms with E-state index in [0.29, 0.717) is 12.1 Å². The second kappa shape index (κ2) is 12.2. The first kappa shape index (κ1) is 26.9. The molecule has 8 heteroatoms. The Labute approximate surface area is 201 Å². The summed E-state index contributed by atoms with van der Waals surface area (Å²) < 4.78 is 5.19. The molecule has 1 atom stereocenters. The van der Waals surface area contributed by atoms with Crippen LogP contribution in [0.5, 0.6) is 0 Å². The number of carbonyl (C=O) groups is 3. The standard InChI is InChI=1S/C26H35N3O5/c1-18-10-9-13-21(19(18)2)23(24(32)27-16-20-11-7-6-8-12-20)29(14-15-30)22(31)17-28-25(33)34-26(3,4)5/h6-13,23,30H,14-17H2,1-5H3,(H,27,32)(H,28,33). The van der Waals surface area contributed by atoms with Crippen LogP contribution in [0.15, 0.2) is 48.5 Å². The van der Waals surface area contributed by atoms with Crippen molar-refractivity contribution in [2.75, 3.05) is 19.7 Å². The molecule has 0 spiro atoms. The van der Waals surface area contributed by atoms with Gasteiger partial charge >= 0.3 is 6.09 Å². The van der Waals surface area contributed by atoms with Crippen molar-refractivity contribution in [3.05, 3.63) is 70.8 Å². The molecule has 0 aliphatic carbocycles. The predicted octanol–water partition coefficient (Wildman–Crippen LogP) is 3.01. The van der Waals surface area contributed by atoms with Crippen LogP contribution in [0, 0.1) is 13.8 Å². The van der Waals surface area contributed by atoms with Crippen molar-refractivity contribution in [3.8, 4) is 0 Å². The highest BCUT2D eigenvalue weighted by molar-refractivity contribution is 5.90. The number of carbonyl (C=O) groups excluding carboxylic acids is 3. The number of aryl methyl sites for hydroxylation is 1. The van der Waals surface area contributed by atoms with E-state index in [1.807, 2.05) is 56.3 Å². The monoisotopic (exact) mass is 469 g/mol. The van der Waals surface area contributed by atoms with Gasteiger partial charge in [-0.25, -0.2) is 4.79 Å². The van der Waals surface area contributed by atoms with Gasteiger partial charge in [-0.15, -0.1) is 0 Å². The van der Waals surface area contributed by atoms with Crippen LogP contribution in [-0.4, -0.2) is 53.2 Å². The summed E-state index contributed by atoms with van der Waals surface area (Å²) in [5.74, 6) is -0.891. The zero-order chi connectivity index (χ0) is 25.3. The predicted molar refractivity (Wildman–Crippen MR) is 130 cm³/mol. The number of aliphatic hydroxyl groups is 1. The first-order valence-electron chi connectivity index (χ1n) is 11.3. The minimum atomic E-state index is -0.983. The average molecular weight is 470 g/mol. The van der Waals surface area contributed by atoms with Gasteiger partial charge in [0.25, 0.3) is 0 Å². The lowest BCUT2D eigenvalue weighted by Gasteiger charge is -2.32. The van der Waals surface area contributed by atoms with Gasteiger partial charge in [-0.1, -0.05) is 48.5 Å². The van der Waals surface area contributed by atoms with Gasteiger partial charge in [-0.2, -0.15) is 0 Å². The minimum Gasteiger partial charge on any atom is -0.444 e. The number of hydrogen-bond donors (Lipinski definition) is 3. The van der Waals surface area contributed by atoms with Crippen molar-refractivity contribution in [3.63, 3.8) is 0 Å². The van der Waals surface area contributed by atoms with Gasteiger partial charge in [0, 0.05) is 13.1 Å². The van der Waals surface area contributed by atoms with E-state index in [-0.39, 0.29) is 25.6 Å². The number of ether oxygens (including phenoxy) is 1. The van der Waals surface area contributed by atoms with Crippen molar-refractivity contribution in [2.45, 2.75) is 52.8 Å². The van der Waals surface area contributed by atoms with Crippen LogP contribution >= 0.6 is 0 Å². The van der Waals surface area contributed by atoms with Crippen LogP contribution in [0.1, 0.15) is 49.1 Å². The van der Waals surface area contributed by atoms with E-state index in [1.54, 1.807) is 26.8 Å². The van der Waals surface area contributed by atoms with E-state index < -0.39 is 23.6 Å². The highest BCUT2D eigenvalue weighted by Gasteiger charge is 2.32. The topological polar surface area (TPSA) is 108 Å². The van der Waals surface area contributed by atoms with Crippen molar-refractivity contribution in [1.29, 1.82) is 0 Å². The minimum absolute atomic E-state index is 0.0777. The molecule has 0 aromatic heterocycles. The normalized spacial score (nSPS) is 11.9. The molecule has 0 saturated heterocycles. The summed E-state index contributed by atoms with van der Waals surface area (Å²) in [7, 11) is 0. The van der Waals surface area contributed by atoms with Crippen molar-refractivity contribution in [1.82, 2.24) is 15.5 Å². The zero-order valence-electron chi connectivity index (χ0n) is 20.6. The fourth-order valence-corrected chi connectivity index (χ4v) is 3.47. The van der Waals surface area contributed by atoms with Gasteiger partial charge in [0.2, 0.25) is 11.8 Å². The van der Waals surface area contributed by atoms with E-state index in [9.17, 15) is 19.5 Å². The van der Waals surface area contributed by atoms with Gasteiger partial charge in [-0.3, -0.25) is 9.59 Å². The molecule has 184 valence electrons. The Morgan fingerprint density at radius 2 is 1.68 bits per heavy atom. The Hall–Kier alpha value is -3.39. The zero-order valence-corrected chi connectivity index (χ0v) is 20.6. The van der Waals surface area contributed by atoms with E-state index in [1.165, 1.54) is 4.90 Å². The van der Waals surface area contributed by atoms with E-state index in [2.05, 4.69) is 10.6 Å². The molecule has 34 heavy (non-hydrogen) atoms. The number of benzene rings is 2. The Bertz CT molecular complexity index is 986. The number of nitrogens with zero attached hydrogens (tertiary/aromatic N) is 1. The third-order valence-electron chi connectivity index (χ3n) is 5.25. The Kier molecular flexibility index (Phi) is 9.62. The van der Waals surface area contributed by atoms with Crippen LogP contribution in [0.25, 0.3) is 0 Å². The van der Waals surface area contributed by atoms with E-state index in [4.69, 9.17) is 4.74 Å². The smallest absolute Gasteiger partial charge is 0.408 e. The summed E-state index contributed by atoms with van der Waals surface area (Å²) in [6.07, 6.45) is -0.735. The molecular formula is C26H35N3O5. The molecule has 0 bridgehead atoms. The van der Waals surface area contributed by atoms with Crippen LogP contribution < -0.4 is 10.6 Å². The number of aliphatic hydroxyl groups excluding tert-OH is 1. The molecule has 0 radical (unpaired) electrons. The Balaban J connectivity index is 2.30. The molecule has 0 saturated carbocycles. The maximum atomic E-state index is 13.4. The largest absolute Gasteiger partial charge is 0.444 e. The third kappa shape index (κ3) is 7.88. The summed E-state index contributed by atoms with van der Waals surface area (Å²) in [6.45, 7) is 8.49. The van der Waals surface area contributed by atoms with Crippen molar-refractivity contribution >= 4 is 17.9 Å². The summed E-state index contributed by atoms with van der Waals surface area (Å²) in [5, 5.41) is 15.0. The molecule has 0 fully saturated rings. The number of rotatable bonds is 9. The molecule has 0 aliphatic heterocycles. The van der Waals surface area contributed by atoms with Crippen LogP contribution in [-0.2, 0) is 20.9 Å². The molecular weight excluding hydrogens is 434 g/mol. The second-order valence-electron chi connectivity index (χ2n) is 9.06. The van der Waals surface area contributed by atoms with E-state index >= 15 is 0 Å². The summed E-state index contributed by atoms with van der Waals surface area (Å²) in [5.41, 5.74) is 2.71. The highest BCUT2D eigenvalue weighted by Crippen LogP contribution is 2.26. The first-order valence-corrected chi connectivity index (χ1v) is 11.3. The number of hydrogen-bond acceptors (Lipinski definition) is 5. The number of amides is 3. The summed E-state index contributed by atoms with van der Waals surface area (Å²) in [4.78, 5) is 39.9. The fraction of sp³-hybridized carbons (Fsp3) is 0.423.